The molecular formula is C37H40ClN3O5S. The number of nitrogens with one attached hydrogen (secondary N) is 1. The molecule has 1 atom stereocenters. The lowest BCUT2D eigenvalue weighted by Gasteiger charge is -2.34. The van der Waals surface area contributed by atoms with Crippen LogP contribution in [0.2, 0.25) is 5.02 Å². The van der Waals surface area contributed by atoms with Crippen LogP contribution in [0.4, 0.5) is 5.69 Å². The number of hydrogen-bond acceptors (Lipinski definition) is 5. The first-order valence-electron chi connectivity index (χ1n) is 15.9. The van der Waals surface area contributed by atoms with Gasteiger partial charge in [0.1, 0.15) is 18.3 Å². The molecule has 0 spiro atoms. The van der Waals surface area contributed by atoms with Gasteiger partial charge >= 0.3 is 0 Å². The first-order chi connectivity index (χ1) is 22.8. The number of carbonyl (C=O) groups excluding carboxylic acids is 2. The second-order valence-electron chi connectivity index (χ2n) is 11.6. The molecule has 1 aliphatic rings. The Kier molecular flexibility index (Phi) is 11.6. The molecule has 0 aliphatic heterocycles. The van der Waals surface area contributed by atoms with Gasteiger partial charge in [-0.2, -0.15) is 0 Å². The van der Waals surface area contributed by atoms with Crippen LogP contribution >= 0.6 is 11.6 Å². The summed E-state index contributed by atoms with van der Waals surface area (Å²) in [5, 5.41) is 3.63. The molecule has 4 aromatic carbocycles. The van der Waals surface area contributed by atoms with Crippen molar-refractivity contribution in [2.45, 2.75) is 62.6 Å². The van der Waals surface area contributed by atoms with Gasteiger partial charge in [0.25, 0.3) is 10.0 Å². The van der Waals surface area contributed by atoms with Gasteiger partial charge in [-0.05, 0) is 73.4 Å². The van der Waals surface area contributed by atoms with Crippen molar-refractivity contribution in [3.8, 4) is 5.75 Å². The fourth-order valence-corrected chi connectivity index (χ4v) is 7.47. The van der Waals surface area contributed by atoms with Crippen LogP contribution in [0.1, 0.15) is 43.7 Å². The first kappa shape index (κ1) is 34.0. The van der Waals surface area contributed by atoms with Gasteiger partial charge in [-0.15, -0.1) is 0 Å². The highest BCUT2D eigenvalue weighted by Gasteiger charge is 2.35. The summed E-state index contributed by atoms with van der Waals surface area (Å²) in [5.41, 5.74) is 1.84. The highest BCUT2D eigenvalue weighted by atomic mass is 35.5. The molecule has 2 amide bonds. The van der Waals surface area contributed by atoms with Crippen molar-refractivity contribution in [1.82, 2.24) is 10.2 Å². The molecule has 8 nitrogen and oxygen atoms in total. The van der Waals surface area contributed by atoms with Gasteiger partial charge in [-0.3, -0.25) is 13.9 Å². The molecule has 1 N–H and O–H groups in total. The standard InChI is InChI=1S/C37H40ClN3O5S/c1-2-46-32-21-23-33(24-22-32)47(44,45)41(31-18-7-4-8-19-31)27-36(42)40(26-29-15-9-12-20-34(29)38)35(25-28-13-5-3-6-14-28)37(43)39-30-16-10-11-17-30/h3-9,12-15,18-24,30,35H,2,10-11,16-17,25-27H2,1H3,(H,39,43)/t35-/m1/s1. The molecule has 0 heterocycles. The van der Waals surface area contributed by atoms with Gasteiger partial charge in [0.2, 0.25) is 11.8 Å². The molecule has 246 valence electrons. The number of carbonyl (C=O) groups is 2. The van der Waals surface area contributed by atoms with E-state index in [4.69, 9.17) is 16.3 Å². The number of amides is 2. The molecule has 10 heteroatoms. The Bertz CT molecular complexity index is 1730. The fourth-order valence-electron chi connectivity index (χ4n) is 5.86. The van der Waals surface area contributed by atoms with Crippen LogP contribution in [-0.2, 0) is 32.6 Å². The number of halogens is 1. The average Bonchev–Trinajstić information content (AvgIpc) is 3.60. The third-order valence-electron chi connectivity index (χ3n) is 8.32. The maximum absolute atomic E-state index is 14.6. The summed E-state index contributed by atoms with van der Waals surface area (Å²) in [4.78, 5) is 30.2. The highest BCUT2D eigenvalue weighted by Crippen LogP contribution is 2.27. The minimum Gasteiger partial charge on any atom is -0.494 e. The van der Waals surface area contributed by atoms with E-state index in [0.717, 1.165) is 35.6 Å². The molecule has 5 rings (SSSR count). The van der Waals surface area contributed by atoms with Crippen LogP contribution in [0.25, 0.3) is 0 Å². The zero-order valence-corrected chi connectivity index (χ0v) is 28.0. The molecule has 0 bridgehead atoms. The summed E-state index contributed by atoms with van der Waals surface area (Å²) < 4.78 is 35.0. The SMILES string of the molecule is CCOc1ccc(S(=O)(=O)N(CC(=O)N(Cc2ccccc2Cl)[C@H](Cc2ccccc2)C(=O)NC2CCCC2)c2ccccc2)cc1. The number of anilines is 1. The summed E-state index contributed by atoms with van der Waals surface area (Å²) in [6.45, 7) is 1.77. The number of ether oxygens (including phenoxy) is 1. The molecule has 4 aromatic rings. The normalized spacial score (nSPS) is 13.9. The van der Waals surface area contributed by atoms with Gasteiger partial charge in [-0.1, -0.05) is 91.2 Å². The van der Waals surface area contributed by atoms with Crippen molar-refractivity contribution in [3.05, 3.63) is 125 Å². The van der Waals surface area contributed by atoms with Crippen molar-refractivity contribution in [1.29, 1.82) is 0 Å². The lowest BCUT2D eigenvalue weighted by molar-refractivity contribution is -0.140. The molecule has 1 aliphatic carbocycles. The van der Waals surface area contributed by atoms with Crippen molar-refractivity contribution >= 4 is 39.1 Å². The highest BCUT2D eigenvalue weighted by molar-refractivity contribution is 7.92. The molecule has 0 aromatic heterocycles. The number of nitrogens with zero attached hydrogens (tertiary/aromatic N) is 2. The Morgan fingerprint density at radius 2 is 1.49 bits per heavy atom. The van der Waals surface area contributed by atoms with Crippen molar-refractivity contribution in [3.63, 3.8) is 0 Å². The molecule has 0 radical (unpaired) electrons. The maximum Gasteiger partial charge on any atom is 0.264 e. The Labute approximate surface area is 282 Å². The molecule has 0 saturated heterocycles. The summed E-state index contributed by atoms with van der Waals surface area (Å²) in [6, 6.07) is 30.4. The second kappa shape index (κ2) is 16.0. The van der Waals surface area contributed by atoms with E-state index in [1.54, 1.807) is 54.6 Å². The van der Waals surface area contributed by atoms with Gasteiger partial charge in [0, 0.05) is 24.0 Å². The van der Waals surface area contributed by atoms with Crippen LogP contribution < -0.4 is 14.4 Å². The topological polar surface area (TPSA) is 96.0 Å². The minimum absolute atomic E-state index is 0.00933. The Hall–Kier alpha value is -4.34. The van der Waals surface area contributed by atoms with Gasteiger partial charge in [0.15, 0.2) is 0 Å². The fraction of sp³-hybridized carbons (Fsp3) is 0.297. The number of rotatable bonds is 14. The summed E-state index contributed by atoms with van der Waals surface area (Å²) in [7, 11) is -4.22. The van der Waals surface area contributed by atoms with E-state index in [-0.39, 0.29) is 29.8 Å². The predicted octanol–water partition coefficient (Wildman–Crippen LogP) is 6.63. The van der Waals surface area contributed by atoms with Crippen LogP contribution in [0, 0.1) is 0 Å². The number of hydrogen-bond donors (Lipinski definition) is 1. The Morgan fingerprint density at radius 3 is 2.13 bits per heavy atom. The average molecular weight is 674 g/mol. The smallest absolute Gasteiger partial charge is 0.264 e. The van der Waals surface area contributed by atoms with Crippen molar-refractivity contribution in [2.24, 2.45) is 0 Å². The van der Waals surface area contributed by atoms with E-state index in [1.165, 1.54) is 17.0 Å². The summed E-state index contributed by atoms with van der Waals surface area (Å²) in [5.74, 6) is -0.274. The minimum atomic E-state index is -4.22. The molecule has 1 saturated carbocycles. The third kappa shape index (κ3) is 8.73. The van der Waals surface area contributed by atoms with Crippen LogP contribution in [0.5, 0.6) is 5.75 Å². The lowest BCUT2D eigenvalue weighted by Crippen LogP contribution is -2.54. The Morgan fingerprint density at radius 1 is 0.872 bits per heavy atom. The Balaban J connectivity index is 1.54. The predicted molar refractivity (Wildman–Crippen MR) is 185 cm³/mol. The second-order valence-corrected chi connectivity index (χ2v) is 13.8. The third-order valence-corrected chi connectivity index (χ3v) is 10.5. The van der Waals surface area contributed by atoms with E-state index in [1.807, 2.05) is 49.4 Å². The first-order valence-corrected chi connectivity index (χ1v) is 17.8. The van der Waals surface area contributed by atoms with Gasteiger partial charge < -0.3 is 15.0 Å². The summed E-state index contributed by atoms with van der Waals surface area (Å²) in [6.07, 6.45) is 4.07. The molecule has 47 heavy (non-hydrogen) atoms. The van der Waals surface area contributed by atoms with Crippen molar-refractivity contribution < 1.29 is 22.7 Å². The monoisotopic (exact) mass is 673 g/mol. The largest absolute Gasteiger partial charge is 0.494 e. The number of sulfonamides is 1. The number of benzene rings is 4. The zero-order chi connectivity index (χ0) is 33.2. The summed E-state index contributed by atoms with van der Waals surface area (Å²) >= 11 is 6.59. The van der Waals surface area contributed by atoms with Crippen LogP contribution in [0.3, 0.4) is 0 Å². The van der Waals surface area contributed by atoms with E-state index in [9.17, 15) is 18.0 Å². The maximum atomic E-state index is 14.6. The van der Waals surface area contributed by atoms with Gasteiger partial charge in [0.05, 0.1) is 17.2 Å². The lowest BCUT2D eigenvalue weighted by atomic mass is 10.0. The van der Waals surface area contributed by atoms with E-state index >= 15 is 0 Å². The zero-order valence-electron chi connectivity index (χ0n) is 26.4. The molecular weight excluding hydrogens is 634 g/mol. The van der Waals surface area contributed by atoms with Crippen LogP contribution in [0.15, 0.2) is 114 Å². The molecule has 0 unspecified atom stereocenters. The number of para-hydroxylation sites is 1. The van der Waals surface area contributed by atoms with Crippen molar-refractivity contribution in [2.75, 3.05) is 17.5 Å². The van der Waals surface area contributed by atoms with E-state index in [2.05, 4.69) is 5.32 Å². The van der Waals surface area contributed by atoms with E-state index < -0.39 is 28.5 Å². The van der Waals surface area contributed by atoms with E-state index in [0.29, 0.717) is 28.6 Å². The molecule has 1 fully saturated rings. The quantitative estimate of drug-likeness (QED) is 0.162. The van der Waals surface area contributed by atoms with Crippen LogP contribution in [-0.4, -0.2) is 50.4 Å². The van der Waals surface area contributed by atoms with Gasteiger partial charge in [-0.25, -0.2) is 8.42 Å².